The molecule has 2 aliphatic rings. The zero-order valence-electron chi connectivity index (χ0n) is 15.7. The Morgan fingerprint density at radius 2 is 1.67 bits per heavy atom. The predicted molar refractivity (Wildman–Crippen MR) is 105 cm³/mol. The Hall–Kier alpha value is -2.37. The highest BCUT2D eigenvalue weighted by Gasteiger charge is 2.29. The fourth-order valence-electron chi connectivity index (χ4n) is 3.79. The monoisotopic (exact) mass is 366 g/mol. The second-order valence-corrected chi connectivity index (χ2v) is 7.20. The molecule has 0 N–H and O–H groups in total. The summed E-state index contributed by atoms with van der Waals surface area (Å²) >= 11 is 0. The van der Waals surface area contributed by atoms with E-state index in [0.717, 1.165) is 43.1 Å². The van der Waals surface area contributed by atoms with Crippen molar-refractivity contribution in [3.8, 4) is 0 Å². The number of hydrogen-bond donors (Lipinski definition) is 0. The Labute approximate surface area is 160 Å². The zero-order chi connectivity index (χ0) is 18.6. The van der Waals surface area contributed by atoms with E-state index in [1.54, 1.807) is 0 Å². The average Bonchev–Trinajstić information content (AvgIpc) is 2.74. The normalized spacial score (nSPS) is 23.3. The summed E-state index contributed by atoms with van der Waals surface area (Å²) in [5, 5.41) is 0. The standard InChI is InChI=1S/C22H26N2O3/c1-17-15-24(16-21(27-17)18-5-3-2-4-6-18)22(25)19-7-9-20(10-8-19)23-11-13-26-14-12-23/h2-10,17,21H,11-16H2,1H3. The maximum atomic E-state index is 13.0. The van der Waals surface area contributed by atoms with Crippen LogP contribution in [-0.2, 0) is 9.47 Å². The summed E-state index contributed by atoms with van der Waals surface area (Å²) in [5.74, 6) is 0.0691. The lowest BCUT2D eigenvalue weighted by atomic mass is 10.1. The topological polar surface area (TPSA) is 42.0 Å². The molecule has 5 heteroatoms. The minimum Gasteiger partial charge on any atom is -0.378 e. The molecule has 2 aromatic carbocycles. The number of nitrogens with zero attached hydrogens (tertiary/aromatic N) is 2. The number of benzene rings is 2. The van der Waals surface area contributed by atoms with Crippen molar-refractivity contribution in [2.45, 2.75) is 19.1 Å². The fourth-order valence-corrected chi connectivity index (χ4v) is 3.79. The first-order valence-electron chi connectivity index (χ1n) is 9.63. The van der Waals surface area contributed by atoms with Crippen LogP contribution in [-0.4, -0.2) is 56.3 Å². The van der Waals surface area contributed by atoms with E-state index in [4.69, 9.17) is 9.47 Å². The molecule has 2 saturated heterocycles. The Morgan fingerprint density at radius 1 is 0.963 bits per heavy atom. The SMILES string of the molecule is CC1CN(C(=O)c2ccc(N3CCOCC3)cc2)CC(c2ccccc2)O1. The van der Waals surface area contributed by atoms with E-state index in [0.29, 0.717) is 13.1 Å². The molecule has 2 heterocycles. The van der Waals surface area contributed by atoms with Gasteiger partial charge in [-0.25, -0.2) is 0 Å². The molecule has 0 spiro atoms. The van der Waals surface area contributed by atoms with Crippen LogP contribution < -0.4 is 4.90 Å². The second kappa shape index (κ2) is 8.11. The van der Waals surface area contributed by atoms with Gasteiger partial charge in [-0.3, -0.25) is 4.79 Å². The Bertz CT molecular complexity index is 757. The third-order valence-electron chi connectivity index (χ3n) is 5.21. The lowest BCUT2D eigenvalue weighted by Crippen LogP contribution is -2.46. The molecule has 2 fully saturated rings. The van der Waals surface area contributed by atoms with Gasteiger partial charge in [0.1, 0.15) is 6.10 Å². The van der Waals surface area contributed by atoms with Crippen molar-refractivity contribution in [3.05, 3.63) is 65.7 Å². The molecule has 2 unspecified atom stereocenters. The van der Waals surface area contributed by atoms with E-state index in [1.165, 1.54) is 0 Å². The lowest BCUT2D eigenvalue weighted by molar-refractivity contribution is -0.0691. The summed E-state index contributed by atoms with van der Waals surface area (Å²) < 4.78 is 11.5. The van der Waals surface area contributed by atoms with Gasteiger partial charge in [0.2, 0.25) is 0 Å². The Balaban J connectivity index is 1.46. The smallest absolute Gasteiger partial charge is 0.254 e. The Morgan fingerprint density at radius 3 is 2.37 bits per heavy atom. The minimum absolute atomic E-state index is 0.0144. The van der Waals surface area contributed by atoms with Gasteiger partial charge in [0, 0.05) is 30.9 Å². The molecule has 2 aromatic rings. The third kappa shape index (κ3) is 4.15. The summed E-state index contributed by atoms with van der Waals surface area (Å²) in [6.45, 7) is 6.53. The van der Waals surface area contributed by atoms with E-state index in [1.807, 2.05) is 54.3 Å². The molecular weight excluding hydrogens is 340 g/mol. The van der Waals surface area contributed by atoms with Gasteiger partial charge in [0.05, 0.1) is 25.9 Å². The van der Waals surface area contributed by atoms with E-state index >= 15 is 0 Å². The first-order valence-corrected chi connectivity index (χ1v) is 9.63. The summed E-state index contributed by atoms with van der Waals surface area (Å²) in [6, 6.07) is 18.1. The van der Waals surface area contributed by atoms with Gasteiger partial charge in [-0.05, 0) is 36.8 Å². The molecule has 142 valence electrons. The summed E-state index contributed by atoms with van der Waals surface area (Å²) in [7, 11) is 0. The molecule has 5 nitrogen and oxygen atoms in total. The highest BCUT2D eigenvalue weighted by molar-refractivity contribution is 5.94. The molecule has 1 amide bonds. The van der Waals surface area contributed by atoms with Crippen LogP contribution in [0.15, 0.2) is 54.6 Å². The maximum Gasteiger partial charge on any atom is 0.254 e. The fraction of sp³-hybridized carbons (Fsp3) is 0.409. The molecule has 0 aromatic heterocycles. The quantitative estimate of drug-likeness (QED) is 0.837. The van der Waals surface area contributed by atoms with Gasteiger partial charge < -0.3 is 19.3 Å². The molecular formula is C22H26N2O3. The van der Waals surface area contributed by atoms with Gasteiger partial charge in [-0.15, -0.1) is 0 Å². The number of ether oxygens (including phenoxy) is 2. The Kier molecular flexibility index (Phi) is 5.41. The first-order chi connectivity index (χ1) is 13.2. The van der Waals surface area contributed by atoms with Crippen molar-refractivity contribution in [2.24, 2.45) is 0 Å². The number of amides is 1. The number of rotatable bonds is 3. The average molecular weight is 366 g/mol. The van der Waals surface area contributed by atoms with Crippen molar-refractivity contribution < 1.29 is 14.3 Å². The molecule has 2 aliphatic heterocycles. The number of carbonyl (C=O) groups is 1. The van der Waals surface area contributed by atoms with Crippen molar-refractivity contribution in [1.82, 2.24) is 4.90 Å². The van der Waals surface area contributed by atoms with Gasteiger partial charge in [0.15, 0.2) is 0 Å². The number of morpholine rings is 2. The van der Waals surface area contributed by atoms with Crippen LogP contribution >= 0.6 is 0 Å². The molecule has 4 rings (SSSR count). The van der Waals surface area contributed by atoms with Crippen LogP contribution in [0, 0.1) is 0 Å². The van der Waals surface area contributed by atoms with Gasteiger partial charge in [-0.1, -0.05) is 30.3 Å². The van der Waals surface area contributed by atoms with E-state index in [2.05, 4.69) is 17.0 Å². The van der Waals surface area contributed by atoms with Crippen molar-refractivity contribution in [3.63, 3.8) is 0 Å². The molecule has 27 heavy (non-hydrogen) atoms. The highest BCUT2D eigenvalue weighted by Crippen LogP contribution is 2.26. The van der Waals surface area contributed by atoms with Crippen molar-refractivity contribution in [1.29, 1.82) is 0 Å². The second-order valence-electron chi connectivity index (χ2n) is 7.20. The van der Waals surface area contributed by atoms with Gasteiger partial charge >= 0.3 is 0 Å². The molecule has 2 atom stereocenters. The van der Waals surface area contributed by atoms with E-state index in [-0.39, 0.29) is 18.1 Å². The number of anilines is 1. The molecule has 0 radical (unpaired) electrons. The minimum atomic E-state index is -0.0773. The zero-order valence-corrected chi connectivity index (χ0v) is 15.7. The summed E-state index contributed by atoms with van der Waals surface area (Å²) in [5.41, 5.74) is 2.99. The maximum absolute atomic E-state index is 13.0. The van der Waals surface area contributed by atoms with Gasteiger partial charge in [-0.2, -0.15) is 0 Å². The van der Waals surface area contributed by atoms with Crippen molar-refractivity contribution in [2.75, 3.05) is 44.3 Å². The van der Waals surface area contributed by atoms with Crippen LogP contribution in [0.3, 0.4) is 0 Å². The first kappa shape index (κ1) is 18.0. The van der Waals surface area contributed by atoms with Crippen molar-refractivity contribution >= 4 is 11.6 Å². The largest absolute Gasteiger partial charge is 0.378 e. The summed E-state index contributed by atoms with van der Waals surface area (Å²) in [4.78, 5) is 17.3. The van der Waals surface area contributed by atoms with Crippen LogP contribution in [0.1, 0.15) is 28.9 Å². The number of hydrogen-bond acceptors (Lipinski definition) is 4. The lowest BCUT2D eigenvalue weighted by Gasteiger charge is -2.37. The highest BCUT2D eigenvalue weighted by atomic mass is 16.5. The van der Waals surface area contributed by atoms with Gasteiger partial charge in [0.25, 0.3) is 5.91 Å². The predicted octanol–water partition coefficient (Wildman–Crippen LogP) is 3.13. The van der Waals surface area contributed by atoms with E-state index < -0.39 is 0 Å². The molecule has 0 aliphatic carbocycles. The van der Waals surface area contributed by atoms with Crippen LogP contribution in [0.2, 0.25) is 0 Å². The van der Waals surface area contributed by atoms with E-state index in [9.17, 15) is 4.79 Å². The summed E-state index contributed by atoms with van der Waals surface area (Å²) in [6.07, 6.45) is -0.0629. The van der Waals surface area contributed by atoms with Crippen LogP contribution in [0.5, 0.6) is 0 Å². The molecule has 0 bridgehead atoms. The van der Waals surface area contributed by atoms with Crippen LogP contribution in [0.4, 0.5) is 5.69 Å². The molecule has 0 saturated carbocycles. The number of carbonyl (C=O) groups excluding carboxylic acids is 1. The third-order valence-corrected chi connectivity index (χ3v) is 5.21. The van der Waals surface area contributed by atoms with Crippen LogP contribution in [0.25, 0.3) is 0 Å².